The SMILES string of the molecule is CCc1ccc(C(NC)c2ccc(C)cc2Cl)o1. The first kappa shape index (κ1) is 13.2. The van der Waals surface area contributed by atoms with Gasteiger partial charge in [0.2, 0.25) is 0 Å². The Bertz CT molecular complexity index is 533. The quantitative estimate of drug-likeness (QED) is 0.898. The molecule has 18 heavy (non-hydrogen) atoms. The average molecular weight is 264 g/mol. The second kappa shape index (κ2) is 5.59. The molecule has 1 atom stereocenters. The van der Waals surface area contributed by atoms with Gasteiger partial charge < -0.3 is 9.73 Å². The molecule has 0 aliphatic heterocycles. The third-order valence-corrected chi connectivity index (χ3v) is 3.40. The summed E-state index contributed by atoms with van der Waals surface area (Å²) in [5, 5.41) is 4.02. The van der Waals surface area contributed by atoms with E-state index in [1.54, 1.807) is 0 Å². The van der Waals surface area contributed by atoms with Crippen LogP contribution in [0.15, 0.2) is 34.7 Å². The molecule has 0 aliphatic carbocycles. The summed E-state index contributed by atoms with van der Waals surface area (Å²) < 4.78 is 5.80. The first-order valence-corrected chi connectivity index (χ1v) is 6.55. The topological polar surface area (TPSA) is 25.2 Å². The zero-order valence-corrected chi connectivity index (χ0v) is 11.7. The Balaban J connectivity index is 2.38. The minimum Gasteiger partial charge on any atom is -0.464 e. The number of halogens is 1. The lowest BCUT2D eigenvalue weighted by molar-refractivity contribution is 0.434. The van der Waals surface area contributed by atoms with Crippen molar-refractivity contribution in [2.75, 3.05) is 7.05 Å². The van der Waals surface area contributed by atoms with Crippen LogP contribution in [0.1, 0.15) is 35.6 Å². The Kier molecular flexibility index (Phi) is 4.10. The van der Waals surface area contributed by atoms with Crippen LogP contribution in [0, 0.1) is 6.92 Å². The molecule has 0 radical (unpaired) electrons. The van der Waals surface area contributed by atoms with E-state index in [0.717, 1.165) is 34.1 Å². The molecule has 2 aromatic rings. The molecule has 0 aliphatic rings. The molecular formula is C15H18ClNO. The van der Waals surface area contributed by atoms with Crippen molar-refractivity contribution in [3.8, 4) is 0 Å². The lowest BCUT2D eigenvalue weighted by atomic mass is 10.0. The van der Waals surface area contributed by atoms with E-state index in [2.05, 4.69) is 18.3 Å². The van der Waals surface area contributed by atoms with Gasteiger partial charge in [0, 0.05) is 11.4 Å². The van der Waals surface area contributed by atoms with Crippen LogP contribution in [0.25, 0.3) is 0 Å². The van der Waals surface area contributed by atoms with E-state index in [-0.39, 0.29) is 6.04 Å². The van der Waals surface area contributed by atoms with Crippen molar-refractivity contribution in [2.24, 2.45) is 0 Å². The zero-order chi connectivity index (χ0) is 13.1. The van der Waals surface area contributed by atoms with Crippen LogP contribution in [-0.2, 0) is 6.42 Å². The van der Waals surface area contributed by atoms with Gasteiger partial charge in [-0.2, -0.15) is 0 Å². The molecule has 0 amide bonds. The number of nitrogens with one attached hydrogen (secondary N) is 1. The van der Waals surface area contributed by atoms with Gasteiger partial charge in [-0.15, -0.1) is 0 Å². The van der Waals surface area contributed by atoms with Crippen molar-refractivity contribution in [3.63, 3.8) is 0 Å². The van der Waals surface area contributed by atoms with Crippen LogP contribution in [0.3, 0.4) is 0 Å². The first-order valence-electron chi connectivity index (χ1n) is 6.17. The molecule has 2 rings (SSSR count). The monoisotopic (exact) mass is 263 g/mol. The predicted molar refractivity (Wildman–Crippen MR) is 75.2 cm³/mol. The summed E-state index contributed by atoms with van der Waals surface area (Å²) in [6, 6.07) is 10.1. The van der Waals surface area contributed by atoms with Crippen molar-refractivity contribution < 1.29 is 4.42 Å². The number of furan rings is 1. The Morgan fingerprint density at radius 1 is 1.28 bits per heavy atom. The third kappa shape index (κ3) is 2.60. The fraction of sp³-hybridized carbons (Fsp3) is 0.333. The van der Waals surface area contributed by atoms with Gasteiger partial charge >= 0.3 is 0 Å². The second-order valence-corrected chi connectivity index (χ2v) is 4.81. The minimum atomic E-state index is -0.00148. The van der Waals surface area contributed by atoms with Gasteiger partial charge in [0.25, 0.3) is 0 Å². The Labute approximate surface area is 113 Å². The first-order chi connectivity index (χ1) is 8.65. The molecule has 0 bridgehead atoms. The summed E-state index contributed by atoms with van der Waals surface area (Å²) in [6.07, 6.45) is 0.901. The predicted octanol–water partition coefficient (Wildman–Crippen LogP) is 4.11. The normalized spacial score (nSPS) is 12.7. The molecule has 1 heterocycles. The van der Waals surface area contributed by atoms with E-state index in [9.17, 15) is 0 Å². The smallest absolute Gasteiger partial charge is 0.125 e. The summed E-state index contributed by atoms with van der Waals surface area (Å²) in [7, 11) is 1.91. The minimum absolute atomic E-state index is 0.00148. The molecule has 1 aromatic carbocycles. The molecule has 2 nitrogen and oxygen atoms in total. The molecule has 0 saturated carbocycles. The van der Waals surface area contributed by atoms with Gasteiger partial charge in [0.05, 0.1) is 6.04 Å². The van der Waals surface area contributed by atoms with Crippen molar-refractivity contribution in [1.82, 2.24) is 5.32 Å². The molecule has 0 fully saturated rings. The number of aryl methyl sites for hydroxylation is 2. The lowest BCUT2D eigenvalue weighted by Crippen LogP contribution is -2.17. The summed E-state index contributed by atoms with van der Waals surface area (Å²) in [5.41, 5.74) is 2.20. The summed E-state index contributed by atoms with van der Waals surface area (Å²) in [6.45, 7) is 4.11. The van der Waals surface area contributed by atoms with E-state index in [4.69, 9.17) is 16.0 Å². The van der Waals surface area contributed by atoms with E-state index in [0.29, 0.717) is 0 Å². The highest BCUT2D eigenvalue weighted by Crippen LogP contribution is 2.30. The Morgan fingerprint density at radius 3 is 2.61 bits per heavy atom. The van der Waals surface area contributed by atoms with Crippen molar-refractivity contribution in [3.05, 3.63) is 58.0 Å². The maximum atomic E-state index is 6.31. The van der Waals surface area contributed by atoms with Crippen LogP contribution in [0.5, 0.6) is 0 Å². The number of hydrogen-bond acceptors (Lipinski definition) is 2. The van der Waals surface area contributed by atoms with E-state index in [1.807, 2.05) is 38.2 Å². The molecule has 3 heteroatoms. The highest BCUT2D eigenvalue weighted by molar-refractivity contribution is 6.31. The maximum Gasteiger partial charge on any atom is 0.125 e. The summed E-state index contributed by atoms with van der Waals surface area (Å²) in [5.74, 6) is 1.90. The van der Waals surface area contributed by atoms with Crippen LogP contribution < -0.4 is 5.32 Å². The van der Waals surface area contributed by atoms with Crippen molar-refractivity contribution in [2.45, 2.75) is 26.3 Å². The van der Waals surface area contributed by atoms with Gasteiger partial charge in [-0.25, -0.2) is 0 Å². The molecule has 0 saturated heterocycles. The van der Waals surface area contributed by atoms with Gasteiger partial charge in [-0.3, -0.25) is 0 Å². The fourth-order valence-corrected chi connectivity index (χ4v) is 2.40. The van der Waals surface area contributed by atoms with Crippen LogP contribution in [0.4, 0.5) is 0 Å². The van der Waals surface area contributed by atoms with Gasteiger partial charge in [-0.05, 0) is 43.3 Å². The highest BCUT2D eigenvalue weighted by atomic mass is 35.5. The summed E-state index contributed by atoms with van der Waals surface area (Å²) in [4.78, 5) is 0. The number of hydrogen-bond donors (Lipinski definition) is 1. The standard InChI is InChI=1S/C15H18ClNO/c1-4-11-6-8-14(18-11)15(17-3)12-7-5-10(2)9-13(12)16/h5-9,15,17H,4H2,1-3H3. The van der Waals surface area contributed by atoms with Crippen LogP contribution in [-0.4, -0.2) is 7.05 Å². The van der Waals surface area contributed by atoms with Gasteiger partial charge in [-0.1, -0.05) is 30.7 Å². The summed E-state index contributed by atoms with van der Waals surface area (Å²) >= 11 is 6.31. The van der Waals surface area contributed by atoms with Crippen molar-refractivity contribution in [1.29, 1.82) is 0 Å². The van der Waals surface area contributed by atoms with E-state index in [1.165, 1.54) is 0 Å². The van der Waals surface area contributed by atoms with Crippen LogP contribution in [0.2, 0.25) is 5.02 Å². The maximum absolute atomic E-state index is 6.31. The Morgan fingerprint density at radius 2 is 2.06 bits per heavy atom. The second-order valence-electron chi connectivity index (χ2n) is 4.40. The van der Waals surface area contributed by atoms with Gasteiger partial charge in [0.15, 0.2) is 0 Å². The molecular weight excluding hydrogens is 246 g/mol. The average Bonchev–Trinajstić information content (AvgIpc) is 2.81. The molecule has 1 N–H and O–H groups in total. The van der Waals surface area contributed by atoms with E-state index < -0.39 is 0 Å². The van der Waals surface area contributed by atoms with E-state index >= 15 is 0 Å². The zero-order valence-electron chi connectivity index (χ0n) is 11.0. The molecule has 1 aromatic heterocycles. The largest absolute Gasteiger partial charge is 0.464 e. The number of benzene rings is 1. The third-order valence-electron chi connectivity index (χ3n) is 3.07. The van der Waals surface area contributed by atoms with Crippen LogP contribution >= 0.6 is 11.6 Å². The van der Waals surface area contributed by atoms with Crippen molar-refractivity contribution >= 4 is 11.6 Å². The fourth-order valence-electron chi connectivity index (χ4n) is 2.06. The lowest BCUT2D eigenvalue weighted by Gasteiger charge is -2.16. The Hall–Kier alpha value is -1.25. The molecule has 1 unspecified atom stereocenters. The molecule has 0 spiro atoms. The number of rotatable bonds is 4. The highest BCUT2D eigenvalue weighted by Gasteiger charge is 2.18. The van der Waals surface area contributed by atoms with Gasteiger partial charge in [0.1, 0.15) is 11.5 Å². The molecule has 96 valence electrons.